The maximum atomic E-state index is 8.97. The Morgan fingerprint density at radius 3 is 2.80 bits per heavy atom. The summed E-state index contributed by atoms with van der Waals surface area (Å²) in [5, 5.41) is 12.6. The molecule has 0 aromatic heterocycles. The van der Waals surface area contributed by atoms with Crippen molar-refractivity contribution in [2.45, 2.75) is 44.2 Å². The van der Waals surface area contributed by atoms with Crippen LogP contribution in [0.2, 0.25) is 0 Å². The minimum absolute atomic E-state index is 0.252. The van der Waals surface area contributed by atoms with Crippen LogP contribution in [0.4, 0.5) is 0 Å². The molecule has 2 fully saturated rings. The van der Waals surface area contributed by atoms with E-state index in [0.717, 1.165) is 18.3 Å². The van der Waals surface area contributed by atoms with Gasteiger partial charge in [-0.15, -0.1) is 0 Å². The minimum Gasteiger partial charge on any atom is -0.396 e. The van der Waals surface area contributed by atoms with Crippen LogP contribution in [0.3, 0.4) is 0 Å². The molecule has 0 amide bonds. The third-order valence-corrected chi connectivity index (χ3v) is 4.03. The topological polar surface area (TPSA) is 41.5 Å². The van der Waals surface area contributed by atoms with E-state index >= 15 is 0 Å². The fraction of sp³-hybridized carbons (Fsp3) is 1.00. The van der Waals surface area contributed by atoms with Crippen LogP contribution in [0.15, 0.2) is 0 Å². The van der Waals surface area contributed by atoms with Gasteiger partial charge in [-0.1, -0.05) is 6.42 Å². The lowest BCUT2D eigenvalue weighted by atomic mass is 9.94. The van der Waals surface area contributed by atoms with E-state index in [4.69, 9.17) is 9.84 Å². The Morgan fingerprint density at radius 1 is 1.40 bits per heavy atom. The van der Waals surface area contributed by atoms with Crippen molar-refractivity contribution in [3.8, 4) is 0 Å². The van der Waals surface area contributed by atoms with Crippen LogP contribution in [-0.2, 0) is 4.74 Å². The zero-order chi connectivity index (χ0) is 10.7. The largest absolute Gasteiger partial charge is 0.396 e. The molecule has 0 spiro atoms. The molecule has 2 N–H and O–H groups in total. The molecule has 3 nitrogen and oxygen atoms in total. The smallest absolute Gasteiger partial charge is 0.0616 e. The molecule has 0 aromatic rings. The lowest BCUT2D eigenvalue weighted by molar-refractivity contribution is 0.136. The third kappa shape index (κ3) is 2.71. The molecule has 2 aliphatic rings. The van der Waals surface area contributed by atoms with E-state index in [1.807, 2.05) is 0 Å². The number of aliphatic hydroxyl groups excluding tert-OH is 1. The Kier molecular flexibility index (Phi) is 4.00. The number of nitrogens with one attached hydrogen (secondary N) is 1. The molecule has 15 heavy (non-hydrogen) atoms. The van der Waals surface area contributed by atoms with E-state index in [0.29, 0.717) is 18.7 Å². The molecule has 0 heterocycles. The van der Waals surface area contributed by atoms with Gasteiger partial charge in [-0.3, -0.25) is 0 Å². The fourth-order valence-electron chi connectivity index (χ4n) is 3.32. The fourth-order valence-corrected chi connectivity index (χ4v) is 3.32. The summed E-state index contributed by atoms with van der Waals surface area (Å²) in [6.07, 6.45) is 6.42. The van der Waals surface area contributed by atoms with Crippen LogP contribution in [0.1, 0.15) is 32.1 Å². The second kappa shape index (κ2) is 5.28. The molecule has 0 saturated heterocycles. The Morgan fingerprint density at radius 2 is 2.27 bits per heavy atom. The standard InChI is InChI=1S/C12H23NO2/c1-15-8-11(4-5-14)13-12-7-9-2-3-10(12)6-9/h9-14H,2-8H2,1H3. The molecule has 0 radical (unpaired) electrons. The van der Waals surface area contributed by atoms with Crippen molar-refractivity contribution in [1.29, 1.82) is 0 Å². The first-order chi connectivity index (χ1) is 7.33. The van der Waals surface area contributed by atoms with Gasteiger partial charge in [0, 0.05) is 25.8 Å². The lowest BCUT2D eigenvalue weighted by Gasteiger charge is -2.28. The number of rotatable bonds is 6. The Hall–Kier alpha value is -0.120. The van der Waals surface area contributed by atoms with E-state index in [1.165, 1.54) is 25.7 Å². The zero-order valence-electron chi connectivity index (χ0n) is 9.61. The molecule has 2 rings (SSSR count). The highest BCUT2D eigenvalue weighted by atomic mass is 16.5. The maximum absolute atomic E-state index is 8.97. The number of methoxy groups -OCH3 is 1. The van der Waals surface area contributed by atoms with Crippen molar-refractivity contribution in [2.24, 2.45) is 11.8 Å². The molecule has 2 aliphatic carbocycles. The number of hydrogen-bond donors (Lipinski definition) is 2. The summed E-state index contributed by atoms with van der Waals surface area (Å²) in [6.45, 7) is 0.969. The van der Waals surface area contributed by atoms with Gasteiger partial charge in [0.1, 0.15) is 0 Å². The summed E-state index contributed by atoms with van der Waals surface area (Å²) in [5.41, 5.74) is 0. The SMILES string of the molecule is COCC(CCO)NC1CC2CCC1C2. The quantitative estimate of drug-likeness (QED) is 0.696. The predicted octanol–water partition coefficient (Wildman–Crippen LogP) is 1.16. The molecule has 4 atom stereocenters. The zero-order valence-corrected chi connectivity index (χ0v) is 9.61. The van der Waals surface area contributed by atoms with Crippen LogP contribution in [-0.4, -0.2) is 37.5 Å². The number of hydrogen-bond acceptors (Lipinski definition) is 3. The van der Waals surface area contributed by atoms with Crippen molar-refractivity contribution in [3.63, 3.8) is 0 Å². The van der Waals surface area contributed by atoms with Crippen molar-refractivity contribution >= 4 is 0 Å². The average Bonchev–Trinajstić information content (AvgIpc) is 2.80. The number of ether oxygens (including phenoxy) is 1. The molecular weight excluding hydrogens is 190 g/mol. The highest BCUT2D eigenvalue weighted by molar-refractivity contribution is 4.95. The molecule has 2 bridgehead atoms. The molecule has 4 unspecified atom stereocenters. The normalized spacial score (nSPS) is 36.0. The summed E-state index contributed by atoms with van der Waals surface area (Å²) in [4.78, 5) is 0. The van der Waals surface area contributed by atoms with Gasteiger partial charge in [0.25, 0.3) is 0 Å². The second-order valence-corrected chi connectivity index (χ2v) is 5.11. The Bertz CT molecular complexity index is 192. The van der Waals surface area contributed by atoms with E-state index < -0.39 is 0 Å². The molecule has 0 aliphatic heterocycles. The van der Waals surface area contributed by atoms with Crippen molar-refractivity contribution in [2.75, 3.05) is 20.3 Å². The first kappa shape index (κ1) is 11.4. The molecular formula is C12H23NO2. The van der Waals surface area contributed by atoms with Gasteiger partial charge >= 0.3 is 0 Å². The predicted molar refractivity (Wildman–Crippen MR) is 59.7 cm³/mol. The summed E-state index contributed by atoms with van der Waals surface area (Å²) >= 11 is 0. The van der Waals surface area contributed by atoms with Gasteiger partial charge in [0.05, 0.1) is 6.61 Å². The summed E-state index contributed by atoms with van der Waals surface area (Å²) in [7, 11) is 1.73. The average molecular weight is 213 g/mol. The monoisotopic (exact) mass is 213 g/mol. The molecule has 88 valence electrons. The third-order valence-electron chi connectivity index (χ3n) is 4.03. The molecule has 0 aromatic carbocycles. The van der Waals surface area contributed by atoms with Crippen LogP contribution >= 0.6 is 0 Å². The van der Waals surface area contributed by atoms with E-state index in [-0.39, 0.29) is 6.61 Å². The highest BCUT2D eigenvalue weighted by Crippen LogP contribution is 2.44. The Labute approximate surface area is 92.2 Å². The van der Waals surface area contributed by atoms with E-state index in [2.05, 4.69) is 5.32 Å². The van der Waals surface area contributed by atoms with Crippen molar-refractivity contribution < 1.29 is 9.84 Å². The summed E-state index contributed by atoms with van der Waals surface area (Å²) in [5.74, 6) is 1.87. The summed E-state index contributed by atoms with van der Waals surface area (Å²) < 4.78 is 5.17. The maximum Gasteiger partial charge on any atom is 0.0616 e. The minimum atomic E-state index is 0.252. The van der Waals surface area contributed by atoms with Gasteiger partial charge in [-0.05, 0) is 37.5 Å². The van der Waals surface area contributed by atoms with Gasteiger partial charge in [-0.25, -0.2) is 0 Å². The van der Waals surface area contributed by atoms with Crippen LogP contribution in [0.25, 0.3) is 0 Å². The van der Waals surface area contributed by atoms with Crippen molar-refractivity contribution in [3.05, 3.63) is 0 Å². The Balaban J connectivity index is 1.78. The highest BCUT2D eigenvalue weighted by Gasteiger charge is 2.39. The van der Waals surface area contributed by atoms with E-state index in [9.17, 15) is 0 Å². The summed E-state index contributed by atoms with van der Waals surface area (Å²) in [6, 6.07) is 1.03. The van der Waals surface area contributed by atoms with Crippen LogP contribution in [0, 0.1) is 11.8 Å². The second-order valence-electron chi connectivity index (χ2n) is 5.11. The first-order valence-electron chi connectivity index (χ1n) is 6.19. The van der Waals surface area contributed by atoms with Gasteiger partial charge in [-0.2, -0.15) is 0 Å². The van der Waals surface area contributed by atoms with Crippen molar-refractivity contribution in [1.82, 2.24) is 5.32 Å². The van der Waals surface area contributed by atoms with Gasteiger partial charge in [0.2, 0.25) is 0 Å². The molecule has 2 saturated carbocycles. The van der Waals surface area contributed by atoms with Crippen LogP contribution < -0.4 is 5.32 Å². The van der Waals surface area contributed by atoms with Crippen LogP contribution in [0.5, 0.6) is 0 Å². The first-order valence-corrected chi connectivity index (χ1v) is 6.19. The number of fused-ring (bicyclic) bond motifs is 2. The number of aliphatic hydroxyl groups is 1. The van der Waals surface area contributed by atoms with E-state index in [1.54, 1.807) is 7.11 Å². The lowest BCUT2D eigenvalue weighted by Crippen LogP contribution is -2.44. The molecule has 3 heteroatoms. The van der Waals surface area contributed by atoms with Gasteiger partial charge in [0.15, 0.2) is 0 Å². The van der Waals surface area contributed by atoms with Gasteiger partial charge < -0.3 is 15.2 Å².